The van der Waals surface area contributed by atoms with E-state index in [1.165, 1.54) is 0 Å². The molecule has 26 heavy (non-hydrogen) atoms. The van der Waals surface area contributed by atoms with Crippen LogP contribution in [0, 0.1) is 5.92 Å². The Kier molecular flexibility index (Phi) is 7.06. The Bertz CT molecular complexity index is 793. The highest BCUT2D eigenvalue weighted by atomic mass is 35.5. The minimum atomic E-state index is -0.680. The van der Waals surface area contributed by atoms with Crippen LogP contribution < -0.4 is 10.6 Å². The minimum absolute atomic E-state index is 0.0898. The topological polar surface area (TPSA) is 58.2 Å². The Morgan fingerprint density at radius 2 is 1.62 bits per heavy atom. The summed E-state index contributed by atoms with van der Waals surface area (Å²) in [5, 5.41) is 6.67. The number of halogens is 2. The van der Waals surface area contributed by atoms with Crippen molar-refractivity contribution in [2.45, 2.75) is 32.9 Å². The maximum atomic E-state index is 12.7. The zero-order valence-corrected chi connectivity index (χ0v) is 16.4. The second kappa shape index (κ2) is 9.06. The zero-order valence-electron chi connectivity index (χ0n) is 14.9. The van der Waals surface area contributed by atoms with Crippen molar-refractivity contribution in [2.75, 3.05) is 0 Å². The van der Waals surface area contributed by atoms with Crippen LogP contribution in [0.2, 0.25) is 10.0 Å². The van der Waals surface area contributed by atoms with E-state index < -0.39 is 6.04 Å². The Hall–Kier alpha value is -2.04. The fourth-order valence-corrected chi connectivity index (χ4v) is 2.98. The number of hydrogen-bond donors (Lipinski definition) is 2. The molecular weight excluding hydrogens is 371 g/mol. The van der Waals surface area contributed by atoms with Crippen molar-refractivity contribution < 1.29 is 9.59 Å². The summed E-state index contributed by atoms with van der Waals surface area (Å²) < 4.78 is 0. The van der Waals surface area contributed by atoms with Gasteiger partial charge in [0.15, 0.2) is 0 Å². The SMILES string of the molecule is CC(NC(=O)[C@@H](NC(=O)c1ccccc1Cl)C(C)C)c1cccc(Cl)c1. The number of carbonyl (C=O) groups excluding carboxylic acids is 2. The van der Waals surface area contributed by atoms with Crippen molar-refractivity contribution in [3.8, 4) is 0 Å². The minimum Gasteiger partial charge on any atom is -0.348 e. The van der Waals surface area contributed by atoms with Crippen LogP contribution in [0.3, 0.4) is 0 Å². The molecule has 2 rings (SSSR count). The predicted octanol–water partition coefficient (Wildman–Crippen LogP) is 4.63. The molecule has 2 N–H and O–H groups in total. The Labute approximate surface area is 163 Å². The highest BCUT2D eigenvalue weighted by molar-refractivity contribution is 6.33. The lowest BCUT2D eigenvalue weighted by Crippen LogP contribution is -2.50. The van der Waals surface area contributed by atoms with Gasteiger partial charge in [-0.1, -0.05) is 61.3 Å². The molecule has 0 saturated carbocycles. The Morgan fingerprint density at radius 3 is 2.23 bits per heavy atom. The van der Waals surface area contributed by atoms with Gasteiger partial charge in [-0.15, -0.1) is 0 Å². The van der Waals surface area contributed by atoms with Crippen molar-refractivity contribution in [2.24, 2.45) is 5.92 Å². The fraction of sp³-hybridized carbons (Fsp3) is 0.300. The molecule has 0 saturated heterocycles. The molecule has 0 heterocycles. The molecule has 0 aliphatic heterocycles. The lowest BCUT2D eigenvalue weighted by molar-refractivity contribution is -0.124. The van der Waals surface area contributed by atoms with Crippen LogP contribution in [-0.4, -0.2) is 17.9 Å². The normalized spacial score (nSPS) is 13.2. The molecule has 0 spiro atoms. The average molecular weight is 393 g/mol. The molecule has 1 unspecified atom stereocenters. The predicted molar refractivity (Wildman–Crippen MR) is 106 cm³/mol. The van der Waals surface area contributed by atoms with Crippen LogP contribution in [0.25, 0.3) is 0 Å². The van der Waals surface area contributed by atoms with E-state index in [0.29, 0.717) is 15.6 Å². The lowest BCUT2D eigenvalue weighted by atomic mass is 10.0. The second-order valence-electron chi connectivity index (χ2n) is 6.46. The maximum absolute atomic E-state index is 12.7. The van der Waals surface area contributed by atoms with E-state index in [9.17, 15) is 9.59 Å². The quantitative estimate of drug-likeness (QED) is 0.752. The van der Waals surface area contributed by atoms with Gasteiger partial charge in [-0.3, -0.25) is 9.59 Å². The monoisotopic (exact) mass is 392 g/mol. The first-order chi connectivity index (χ1) is 12.3. The molecule has 0 aliphatic rings. The Morgan fingerprint density at radius 1 is 0.923 bits per heavy atom. The van der Waals surface area contributed by atoms with Crippen LogP contribution in [0.15, 0.2) is 48.5 Å². The van der Waals surface area contributed by atoms with E-state index in [4.69, 9.17) is 23.2 Å². The summed E-state index contributed by atoms with van der Waals surface area (Å²) in [7, 11) is 0. The number of amides is 2. The van der Waals surface area contributed by atoms with Crippen LogP contribution in [0.4, 0.5) is 0 Å². The van der Waals surface area contributed by atoms with Crippen LogP contribution in [0.5, 0.6) is 0 Å². The van der Waals surface area contributed by atoms with Crippen LogP contribution in [-0.2, 0) is 4.79 Å². The summed E-state index contributed by atoms with van der Waals surface area (Å²) in [6.07, 6.45) is 0. The zero-order chi connectivity index (χ0) is 19.3. The summed E-state index contributed by atoms with van der Waals surface area (Å²) in [5.74, 6) is -0.722. The van der Waals surface area contributed by atoms with Crippen molar-refractivity contribution >= 4 is 35.0 Å². The first-order valence-electron chi connectivity index (χ1n) is 8.41. The van der Waals surface area contributed by atoms with Crippen LogP contribution >= 0.6 is 23.2 Å². The van der Waals surface area contributed by atoms with Crippen molar-refractivity contribution in [3.05, 3.63) is 69.7 Å². The second-order valence-corrected chi connectivity index (χ2v) is 7.30. The first-order valence-corrected chi connectivity index (χ1v) is 9.16. The third kappa shape index (κ3) is 5.23. The maximum Gasteiger partial charge on any atom is 0.253 e. The third-order valence-electron chi connectivity index (χ3n) is 4.06. The molecule has 138 valence electrons. The highest BCUT2D eigenvalue weighted by Gasteiger charge is 2.26. The largest absolute Gasteiger partial charge is 0.348 e. The highest BCUT2D eigenvalue weighted by Crippen LogP contribution is 2.19. The van der Waals surface area contributed by atoms with E-state index in [2.05, 4.69) is 10.6 Å². The van der Waals surface area contributed by atoms with E-state index >= 15 is 0 Å². The molecule has 6 heteroatoms. The summed E-state index contributed by atoms with van der Waals surface area (Å²) in [6, 6.07) is 13.1. The summed E-state index contributed by atoms with van der Waals surface area (Å²) in [4.78, 5) is 25.2. The van der Waals surface area contributed by atoms with Gasteiger partial charge in [0.05, 0.1) is 16.6 Å². The van der Waals surface area contributed by atoms with E-state index in [1.54, 1.807) is 36.4 Å². The standard InChI is InChI=1S/C20H22Cl2N2O2/c1-12(2)18(24-19(25)16-9-4-5-10-17(16)22)20(26)23-13(3)14-7-6-8-15(21)11-14/h4-13,18H,1-3H3,(H,23,26)(H,24,25)/t13?,18-/m0/s1. The fourth-order valence-electron chi connectivity index (χ4n) is 2.56. The van der Waals surface area contributed by atoms with Crippen molar-refractivity contribution in [1.29, 1.82) is 0 Å². The summed E-state index contributed by atoms with van der Waals surface area (Å²) in [5.41, 5.74) is 1.24. The molecule has 2 aromatic rings. The van der Waals surface area contributed by atoms with Gasteiger partial charge in [0, 0.05) is 5.02 Å². The first kappa shape index (κ1) is 20.3. The van der Waals surface area contributed by atoms with Gasteiger partial charge in [0.1, 0.15) is 6.04 Å². The molecule has 0 bridgehead atoms. The van der Waals surface area contributed by atoms with Crippen LogP contribution in [0.1, 0.15) is 42.7 Å². The molecule has 2 aromatic carbocycles. The lowest BCUT2D eigenvalue weighted by Gasteiger charge is -2.24. The number of rotatable bonds is 6. The van der Waals surface area contributed by atoms with Gasteiger partial charge in [-0.2, -0.15) is 0 Å². The molecule has 4 nitrogen and oxygen atoms in total. The Balaban J connectivity index is 2.10. The van der Waals surface area contributed by atoms with E-state index in [-0.39, 0.29) is 23.8 Å². The van der Waals surface area contributed by atoms with Crippen molar-refractivity contribution in [3.63, 3.8) is 0 Å². The molecule has 0 aliphatic carbocycles. The molecule has 0 aromatic heterocycles. The smallest absolute Gasteiger partial charge is 0.253 e. The van der Waals surface area contributed by atoms with Crippen molar-refractivity contribution in [1.82, 2.24) is 10.6 Å². The average Bonchev–Trinajstić information content (AvgIpc) is 2.59. The molecular formula is C20H22Cl2N2O2. The van der Waals surface area contributed by atoms with Gasteiger partial charge < -0.3 is 10.6 Å². The van der Waals surface area contributed by atoms with Gasteiger partial charge in [0.2, 0.25) is 5.91 Å². The number of nitrogens with one attached hydrogen (secondary N) is 2. The number of carbonyl (C=O) groups is 2. The molecule has 0 radical (unpaired) electrons. The summed E-state index contributed by atoms with van der Waals surface area (Å²) in [6.45, 7) is 5.62. The third-order valence-corrected chi connectivity index (χ3v) is 4.63. The molecule has 2 amide bonds. The van der Waals surface area contributed by atoms with Gasteiger partial charge >= 0.3 is 0 Å². The van der Waals surface area contributed by atoms with E-state index in [0.717, 1.165) is 5.56 Å². The number of hydrogen-bond acceptors (Lipinski definition) is 2. The van der Waals surface area contributed by atoms with Gasteiger partial charge in [-0.25, -0.2) is 0 Å². The number of benzene rings is 2. The molecule has 2 atom stereocenters. The molecule has 0 fully saturated rings. The summed E-state index contributed by atoms with van der Waals surface area (Å²) >= 11 is 12.1. The van der Waals surface area contributed by atoms with Gasteiger partial charge in [-0.05, 0) is 42.7 Å². The van der Waals surface area contributed by atoms with Gasteiger partial charge in [0.25, 0.3) is 5.91 Å². The van der Waals surface area contributed by atoms with E-state index in [1.807, 2.05) is 32.9 Å².